The summed E-state index contributed by atoms with van der Waals surface area (Å²) in [5.41, 5.74) is 5.77. The molecule has 4 heteroatoms. The molecule has 1 aliphatic heterocycles. The lowest BCUT2D eigenvalue weighted by Crippen LogP contribution is -2.53. The highest BCUT2D eigenvalue weighted by Gasteiger charge is 2.24. The number of rotatable bonds is 6. The maximum Gasteiger partial charge on any atom is 0.222 e. The maximum atomic E-state index is 12.1. The zero-order chi connectivity index (χ0) is 13.5. The standard InChI is InChI=1S/C14H29N3O/c1-4-12(3)10-14(18)17-8-6-16(7-9-17)13(5-2)11-15/h12-13H,4-11,15H2,1-3H3. The van der Waals surface area contributed by atoms with Crippen molar-refractivity contribution in [1.29, 1.82) is 0 Å². The van der Waals surface area contributed by atoms with Gasteiger partial charge in [0.15, 0.2) is 0 Å². The van der Waals surface area contributed by atoms with Gasteiger partial charge in [-0.3, -0.25) is 9.69 Å². The minimum atomic E-state index is 0.324. The fourth-order valence-electron chi connectivity index (χ4n) is 2.48. The van der Waals surface area contributed by atoms with E-state index in [1.807, 2.05) is 4.90 Å². The van der Waals surface area contributed by atoms with Gasteiger partial charge in [0.05, 0.1) is 0 Å². The molecule has 2 N–H and O–H groups in total. The van der Waals surface area contributed by atoms with Crippen LogP contribution in [-0.4, -0.2) is 54.5 Å². The predicted molar refractivity (Wildman–Crippen MR) is 75.4 cm³/mol. The van der Waals surface area contributed by atoms with Crippen molar-refractivity contribution in [2.75, 3.05) is 32.7 Å². The van der Waals surface area contributed by atoms with Crippen LogP contribution in [0.25, 0.3) is 0 Å². The number of amides is 1. The number of nitrogens with zero attached hydrogens (tertiary/aromatic N) is 2. The summed E-state index contributed by atoms with van der Waals surface area (Å²) < 4.78 is 0. The molecule has 1 fully saturated rings. The third-order valence-corrected chi connectivity index (χ3v) is 4.15. The molecular weight excluding hydrogens is 226 g/mol. The van der Waals surface area contributed by atoms with Crippen molar-refractivity contribution in [3.63, 3.8) is 0 Å². The van der Waals surface area contributed by atoms with E-state index >= 15 is 0 Å². The molecule has 1 rings (SSSR count). The van der Waals surface area contributed by atoms with Crippen LogP contribution in [-0.2, 0) is 4.79 Å². The second kappa shape index (κ2) is 7.74. The van der Waals surface area contributed by atoms with Gasteiger partial charge in [-0.05, 0) is 12.3 Å². The highest BCUT2D eigenvalue weighted by atomic mass is 16.2. The van der Waals surface area contributed by atoms with Crippen LogP contribution in [0.15, 0.2) is 0 Å². The largest absolute Gasteiger partial charge is 0.340 e. The normalized spacial score (nSPS) is 20.8. The Morgan fingerprint density at radius 2 is 1.78 bits per heavy atom. The summed E-state index contributed by atoms with van der Waals surface area (Å²) in [6.07, 6.45) is 2.87. The van der Waals surface area contributed by atoms with Gasteiger partial charge in [-0.1, -0.05) is 27.2 Å². The van der Waals surface area contributed by atoms with Crippen LogP contribution < -0.4 is 5.73 Å². The van der Waals surface area contributed by atoms with Gasteiger partial charge in [0, 0.05) is 45.2 Å². The van der Waals surface area contributed by atoms with Gasteiger partial charge in [0.2, 0.25) is 5.91 Å². The second-order valence-electron chi connectivity index (χ2n) is 5.43. The Balaban J connectivity index is 2.36. The molecular formula is C14H29N3O. The molecule has 0 saturated carbocycles. The third-order valence-electron chi connectivity index (χ3n) is 4.15. The summed E-state index contributed by atoms with van der Waals surface area (Å²) in [5, 5.41) is 0. The molecule has 0 aromatic rings. The van der Waals surface area contributed by atoms with E-state index in [0.29, 0.717) is 24.3 Å². The first-order valence-electron chi connectivity index (χ1n) is 7.34. The maximum absolute atomic E-state index is 12.1. The Kier molecular flexibility index (Phi) is 6.65. The molecule has 0 aromatic carbocycles. The van der Waals surface area contributed by atoms with Crippen LogP contribution in [0.2, 0.25) is 0 Å². The van der Waals surface area contributed by atoms with Crippen LogP contribution in [0.5, 0.6) is 0 Å². The van der Waals surface area contributed by atoms with E-state index in [1.165, 1.54) is 0 Å². The molecule has 0 aliphatic carbocycles. The zero-order valence-corrected chi connectivity index (χ0v) is 12.2. The molecule has 0 bridgehead atoms. The summed E-state index contributed by atoms with van der Waals surface area (Å²) in [7, 11) is 0. The van der Waals surface area contributed by atoms with Gasteiger partial charge < -0.3 is 10.6 Å². The number of nitrogens with two attached hydrogens (primary N) is 1. The van der Waals surface area contributed by atoms with Crippen molar-refractivity contribution in [2.45, 2.75) is 46.1 Å². The topological polar surface area (TPSA) is 49.6 Å². The summed E-state index contributed by atoms with van der Waals surface area (Å²) in [6.45, 7) is 10.9. The molecule has 1 amide bonds. The van der Waals surface area contributed by atoms with Crippen molar-refractivity contribution in [3.05, 3.63) is 0 Å². The van der Waals surface area contributed by atoms with E-state index in [4.69, 9.17) is 5.73 Å². The van der Waals surface area contributed by atoms with Crippen LogP contribution in [0.4, 0.5) is 0 Å². The first-order chi connectivity index (χ1) is 8.62. The van der Waals surface area contributed by atoms with Crippen molar-refractivity contribution in [1.82, 2.24) is 9.80 Å². The fraction of sp³-hybridized carbons (Fsp3) is 0.929. The molecule has 106 valence electrons. The Labute approximate surface area is 111 Å². The van der Waals surface area contributed by atoms with E-state index in [0.717, 1.165) is 45.6 Å². The SMILES string of the molecule is CCC(C)CC(=O)N1CCN(C(CC)CN)CC1. The number of carbonyl (C=O) groups excluding carboxylic acids is 1. The summed E-state index contributed by atoms with van der Waals surface area (Å²) in [5.74, 6) is 0.827. The van der Waals surface area contributed by atoms with Gasteiger partial charge in [-0.25, -0.2) is 0 Å². The first-order valence-corrected chi connectivity index (χ1v) is 7.34. The lowest BCUT2D eigenvalue weighted by atomic mass is 10.0. The Morgan fingerprint density at radius 1 is 1.17 bits per heavy atom. The number of carbonyl (C=O) groups is 1. The molecule has 1 aliphatic rings. The van der Waals surface area contributed by atoms with E-state index in [-0.39, 0.29) is 0 Å². The van der Waals surface area contributed by atoms with E-state index in [1.54, 1.807) is 0 Å². The molecule has 0 spiro atoms. The number of hydrogen-bond acceptors (Lipinski definition) is 3. The van der Waals surface area contributed by atoms with E-state index < -0.39 is 0 Å². The van der Waals surface area contributed by atoms with Crippen molar-refractivity contribution < 1.29 is 4.79 Å². The highest BCUT2D eigenvalue weighted by Crippen LogP contribution is 2.13. The molecule has 1 saturated heterocycles. The van der Waals surface area contributed by atoms with Gasteiger partial charge in [-0.15, -0.1) is 0 Å². The average Bonchev–Trinajstić information content (AvgIpc) is 2.40. The first kappa shape index (κ1) is 15.4. The molecule has 18 heavy (non-hydrogen) atoms. The average molecular weight is 255 g/mol. The molecule has 2 unspecified atom stereocenters. The van der Waals surface area contributed by atoms with Crippen LogP contribution in [0, 0.1) is 5.92 Å². The Morgan fingerprint density at radius 3 is 2.22 bits per heavy atom. The molecule has 2 atom stereocenters. The summed E-state index contributed by atoms with van der Waals surface area (Å²) >= 11 is 0. The fourth-order valence-corrected chi connectivity index (χ4v) is 2.48. The lowest BCUT2D eigenvalue weighted by Gasteiger charge is -2.39. The van der Waals surface area contributed by atoms with Crippen LogP contribution in [0.1, 0.15) is 40.0 Å². The van der Waals surface area contributed by atoms with Crippen molar-refractivity contribution >= 4 is 5.91 Å². The summed E-state index contributed by atoms with van der Waals surface area (Å²) in [4.78, 5) is 16.5. The lowest BCUT2D eigenvalue weighted by molar-refractivity contribution is -0.134. The predicted octanol–water partition coefficient (Wildman–Crippen LogP) is 1.30. The van der Waals surface area contributed by atoms with Crippen LogP contribution in [0.3, 0.4) is 0 Å². The summed E-state index contributed by atoms with van der Waals surface area (Å²) in [6, 6.07) is 0.483. The molecule has 1 heterocycles. The van der Waals surface area contributed by atoms with E-state index in [2.05, 4.69) is 25.7 Å². The van der Waals surface area contributed by atoms with Gasteiger partial charge in [0.25, 0.3) is 0 Å². The molecule has 0 radical (unpaired) electrons. The highest BCUT2D eigenvalue weighted by molar-refractivity contribution is 5.76. The van der Waals surface area contributed by atoms with Gasteiger partial charge in [-0.2, -0.15) is 0 Å². The van der Waals surface area contributed by atoms with Crippen LogP contribution >= 0.6 is 0 Å². The Bertz CT molecular complexity index is 245. The smallest absolute Gasteiger partial charge is 0.222 e. The van der Waals surface area contributed by atoms with E-state index in [9.17, 15) is 4.79 Å². The number of piperazine rings is 1. The molecule has 4 nitrogen and oxygen atoms in total. The zero-order valence-electron chi connectivity index (χ0n) is 12.2. The van der Waals surface area contributed by atoms with Gasteiger partial charge in [0.1, 0.15) is 0 Å². The minimum Gasteiger partial charge on any atom is -0.340 e. The second-order valence-corrected chi connectivity index (χ2v) is 5.43. The quantitative estimate of drug-likeness (QED) is 0.778. The minimum absolute atomic E-state index is 0.324. The Hall–Kier alpha value is -0.610. The van der Waals surface area contributed by atoms with Crippen molar-refractivity contribution in [3.8, 4) is 0 Å². The van der Waals surface area contributed by atoms with Gasteiger partial charge >= 0.3 is 0 Å². The van der Waals surface area contributed by atoms with Crippen molar-refractivity contribution in [2.24, 2.45) is 11.7 Å². The third kappa shape index (κ3) is 4.25. The number of hydrogen-bond donors (Lipinski definition) is 1. The monoisotopic (exact) mass is 255 g/mol. The molecule has 0 aromatic heterocycles.